The molecule has 0 aliphatic heterocycles. The average Bonchev–Trinajstić information content (AvgIpc) is 2.37. The summed E-state index contributed by atoms with van der Waals surface area (Å²) in [5, 5.41) is 7.09. The normalized spacial score (nSPS) is 10.4. The third-order valence-corrected chi connectivity index (χ3v) is 1.41. The predicted molar refractivity (Wildman–Crippen MR) is 43.2 cm³/mol. The Balaban J connectivity index is 2.27. The van der Waals surface area contributed by atoms with Crippen LogP contribution in [0.1, 0.15) is 24.8 Å². The number of rotatable bonds is 4. The molecule has 3 nitrogen and oxygen atoms in total. The van der Waals surface area contributed by atoms with Crippen molar-refractivity contribution in [2.24, 2.45) is 0 Å². The molecule has 3 heteroatoms. The van der Waals surface area contributed by atoms with E-state index in [1.807, 2.05) is 13.0 Å². The zero-order chi connectivity index (χ0) is 8.10. The second-order valence-electron chi connectivity index (χ2n) is 2.61. The molecule has 0 saturated heterocycles. The van der Waals surface area contributed by atoms with E-state index >= 15 is 0 Å². The Labute approximate surface area is 66.8 Å². The Kier molecular flexibility index (Phi) is 3.11. The summed E-state index contributed by atoms with van der Waals surface area (Å²) in [4.78, 5) is 0. The van der Waals surface area contributed by atoms with E-state index in [0.717, 1.165) is 31.0 Å². The van der Waals surface area contributed by atoms with E-state index in [1.165, 1.54) is 0 Å². The van der Waals surface area contributed by atoms with Crippen LogP contribution in [0.15, 0.2) is 10.6 Å². The summed E-state index contributed by atoms with van der Waals surface area (Å²) in [6.45, 7) is 5.88. The number of nitrogens with one attached hydrogen (secondary N) is 1. The molecule has 0 radical (unpaired) electrons. The maximum Gasteiger partial charge on any atom is 0.133 e. The first-order valence-corrected chi connectivity index (χ1v) is 3.96. The van der Waals surface area contributed by atoms with Gasteiger partial charge in [-0.05, 0) is 19.9 Å². The summed E-state index contributed by atoms with van der Waals surface area (Å²) in [5.41, 5.74) is 0.982. The number of nitrogens with zero attached hydrogens (tertiary/aromatic N) is 1. The molecule has 0 aliphatic rings. The van der Waals surface area contributed by atoms with Crippen LogP contribution in [-0.4, -0.2) is 11.7 Å². The molecule has 1 rings (SSSR count). The lowest BCUT2D eigenvalue weighted by Gasteiger charge is -1.96. The van der Waals surface area contributed by atoms with Crippen LogP contribution in [-0.2, 0) is 6.54 Å². The lowest BCUT2D eigenvalue weighted by Crippen LogP contribution is -2.13. The molecule has 1 aromatic rings. The van der Waals surface area contributed by atoms with Crippen molar-refractivity contribution in [3.8, 4) is 0 Å². The molecule has 1 heterocycles. The summed E-state index contributed by atoms with van der Waals surface area (Å²) in [7, 11) is 0. The lowest BCUT2D eigenvalue weighted by atomic mass is 10.3. The highest BCUT2D eigenvalue weighted by atomic mass is 16.5. The molecule has 62 valence electrons. The van der Waals surface area contributed by atoms with Gasteiger partial charge >= 0.3 is 0 Å². The average molecular weight is 154 g/mol. The fraction of sp³-hybridized carbons (Fsp3) is 0.625. The third-order valence-electron chi connectivity index (χ3n) is 1.41. The number of aryl methyl sites for hydroxylation is 1. The minimum absolute atomic E-state index is 0.811. The van der Waals surface area contributed by atoms with E-state index in [4.69, 9.17) is 4.52 Å². The predicted octanol–water partition coefficient (Wildman–Crippen LogP) is 1.48. The first kappa shape index (κ1) is 8.27. The standard InChI is InChI=1S/C8H14N2O/c1-3-4-9-6-8-5-7(2)11-10-8/h5,9H,3-4,6H2,1-2H3. The number of hydrogen-bond donors (Lipinski definition) is 1. The van der Waals surface area contributed by atoms with E-state index < -0.39 is 0 Å². The van der Waals surface area contributed by atoms with Gasteiger partial charge in [0.05, 0.1) is 5.69 Å². The first-order valence-electron chi connectivity index (χ1n) is 3.96. The Hall–Kier alpha value is -0.830. The fourth-order valence-electron chi connectivity index (χ4n) is 0.894. The van der Waals surface area contributed by atoms with Crippen molar-refractivity contribution in [3.05, 3.63) is 17.5 Å². The molecule has 0 aromatic carbocycles. The highest BCUT2D eigenvalue weighted by molar-refractivity contribution is 5.02. The van der Waals surface area contributed by atoms with Gasteiger partial charge in [-0.25, -0.2) is 0 Å². The van der Waals surface area contributed by atoms with Gasteiger partial charge < -0.3 is 9.84 Å². The second kappa shape index (κ2) is 4.13. The molecular weight excluding hydrogens is 140 g/mol. The molecular formula is C8H14N2O. The van der Waals surface area contributed by atoms with Gasteiger partial charge in [-0.1, -0.05) is 12.1 Å². The van der Waals surface area contributed by atoms with Crippen LogP contribution in [0, 0.1) is 6.92 Å². The molecule has 0 fully saturated rings. The molecule has 0 bridgehead atoms. The van der Waals surface area contributed by atoms with Gasteiger partial charge in [0.15, 0.2) is 0 Å². The minimum Gasteiger partial charge on any atom is -0.361 e. The van der Waals surface area contributed by atoms with Crippen molar-refractivity contribution >= 4 is 0 Å². The van der Waals surface area contributed by atoms with Crippen LogP contribution in [0.4, 0.5) is 0 Å². The molecule has 0 atom stereocenters. The molecule has 0 amide bonds. The van der Waals surface area contributed by atoms with Crippen LogP contribution < -0.4 is 5.32 Å². The van der Waals surface area contributed by atoms with E-state index in [-0.39, 0.29) is 0 Å². The highest BCUT2D eigenvalue weighted by Crippen LogP contribution is 2.00. The highest BCUT2D eigenvalue weighted by Gasteiger charge is 1.97. The molecule has 0 aliphatic carbocycles. The maximum atomic E-state index is 4.91. The smallest absolute Gasteiger partial charge is 0.133 e. The SMILES string of the molecule is CCCNCc1cc(C)on1. The monoisotopic (exact) mass is 154 g/mol. The van der Waals surface area contributed by atoms with Crippen LogP contribution in [0.2, 0.25) is 0 Å². The Morgan fingerprint density at radius 3 is 3.00 bits per heavy atom. The summed E-state index contributed by atoms with van der Waals surface area (Å²) in [6, 6.07) is 1.95. The van der Waals surface area contributed by atoms with E-state index in [1.54, 1.807) is 0 Å². The largest absolute Gasteiger partial charge is 0.361 e. The van der Waals surface area contributed by atoms with Crippen LogP contribution in [0.25, 0.3) is 0 Å². The van der Waals surface area contributed by atoms with Crippen LogP contribution in [0.5, 0.6) is 0 Å². The molecule has 0 spiro atoms. The van der Waals surface area contributed by atoms with E-state index in [0.29, 0.717) is 0 Å². The molecule has 1 N–H and O–H groups in total. The van der Waals surface area contributed by atoms with Gasteiger partial charge in [-0.15, -0.1) is 0 Å². The topological polar surface area (TPSA) is 38.1 Å². The summed E-state index contributed by atoms with van der Waals surface area (Å²) in [5.74, 6) is 0.873. The van der Waals surface area contributed by atoms with E-state index in [2.05, 4.69) is 17.4 Å². The lowest BCUT2D eigenvalue weighted by molar-refractivity contribution is 0.388. The second-order valence-corrected chi connectivity index (χ2v) is 2.61. The Bertz CT molecular complexity index is 208. The van der Waals surface area contributed by atoms with Crippen molar-refractivity contribution in [2.45, 2.75) is 26.8 Å². The molecule has 11 heavy (non-hydrogen) atoms. The zero-order valence-electron chi connectivity index (χ0n) is 7.05. The zero-order valence-corrected chi connectivity index (χ0v) is 7.05. The van der Waals surface area contributed by atoms with Gasteiger partial charge in [0, 0.05) is 12.6 Å². The minimum atomic E-state index is 0.811. The maximum absolute atomic E-state index is 4.91. The molecule has 0 unspecified atom stereocenters. The van der Waals surface area contributed by atoms with Crippen molar-refractivity contribution < 1.29 is 4.52 Å². The number of hydrogen-bond acceptors (Lipinski definition) is 3. The van der Waals surface area contributed by atoms with Gasteiger partial charge in [0.1, 0.15) is 5.76 Å². The summed E-state index contributed by atoms with van der Waals surface area (Å²) < 4.78 is 4.91. The first-order chi connectivity index (χ1) is 5.33. The molecule has 0 saturated carbocycles. The Morgan fingerprint density at radius 1 is 1.64 bits per heavy atom. The van der Waals surface area contributed by atoms with Crippen LogP contribution >= 0.6 is 0 Å². The van der Waals surface area contributed by atoms with Gasteiger partial charge in [0.2, 0.25) is 0 Å². The summed E-state index contributed by atoms with van der Waals surface area (Å²) in [6.07, 6.45) is 1.15. The molecule has 1 aromatic heterocycles. The third kappa shape index (κ3) is 2.72. The van der Waals surface area contributed by atoms with Crippen molar-refractivity contribution in [3.63, 3.8) is 0 Å². The fourth-order valence-corrected chi connectivity index (χ4v) is 0.894. The quantitative estimate of drug-likeness (QED) is 0.667. The Morgan fingerprint density at radius 2 is 2.45 bits per heavy atom. The van der Waals surface area contributed by atoms with Gasteiger partial charge in [-0.3, -0.25) is 0 Å². The van der Waals surface area contributed by atoms with E-state index in [9.17, 15) is 0 Å². The van der Waals surface area contributed by atoms with Gasteiger partial charge in [-0.2, -0.15) is 0 Å². The van der Waals surface area contributed by atoms with Crippen molar-refractivity contribution in [2.75, 3.05) is 6.54 Å². The van der Waals surface area contributed by atoms with Gasteiger partial charge in [0.25, 0.3) is 0 Å². The van der Waals surface area contributed by atoms with Crippen LogP contribution in [0.3, 0.4) is 0 Å². The van der Waals surface area contributed by atoms with Crippen molar-refractivity contribution in [1.82, 2.24) is 10.5 Å². The van der Waals surface area contributed by atoms with Crippen molar-refractivity contribution in [1.29, 1.82) is 0 Å². The summed E-state index contributed by atoms with van der Waals surface area (Å²) >= 11 is 0. The number of aromatic nitrogens is 1.